The average Bonchev–Trinajstić information content (AvgIpc) is 3.24. The van der Waals surface area contributed by atoms with Crippen LogP contribution < -0.4 is 16.0 Å². The third-order valence-electron chi connectivity index (χ3n) is 5.00. The molecule has 1 unspecified atom stereocenters. The number of carbonyl (C=O) groups excluding carboxylic acids is 1. The minimum Gasteiger partial charge on any atom is -0.370 e. The Balaban J connectivity index is 1.49. The molecule has 1 fully saturated rings. The lowest BCUT2D eigenvalue weighted by Gasteiger charge is -2.23. The molecule has 0 bridgehead atoms. The Labute approximate surface area is 143 Å². The van der Waals surface area contributed by atoms with Crippen molar-refractivity contribution in [2.24, 2.45) is 10.7 Å². The van der Waals surface area contributed by atoms with Gasteiger partial charge in [0.1, 0.15) is 6.54 Å². The number of likely N-dealkylation sites (tertiary alicyclic amines) is 1. The number of hydrogen-bond acceptors (Lipinski definition) is 3. The van der Waals surface area contributed by atoms with E-state index < -0.39 is 0 Å². The van der Waals surface area contributed by atoms with Gasteiger partial charge in [-0.05, 0) is 44.0 Å². The Morgan fingerprint density at radius 2 is 2.21 bits per heavy atom. The summed E-state index contributed by atoms with van der Waals surface area (Å²) >= 11 is 0. The van der Waals surface area contributed by atoms with E-state index in [1.807, 2.05) is 23.1 Å². The second-order valence-corrected chi connectivity index (χ2v) is 6.43. The van der Waals surface area contributed by atoms with E-state index in [-0.39, 0.29) is 12.5 Å². The lowest BCUT2D eigenvalue weighted by molar-refractivity contribution is -0.117. The summed E-state index contributed by atoms with van der Waals surface area (Å²) in [6.45, 7) is 6.03. The largest absolute Gasteiger partial charge is 0.370 e. The molecule has 2 aliphatic heterocycles. The van der Waals surface area contributed by atoms with Gasteiger partial charge in [0.05, 0.1) is 0 Å². The third kappa shape index (κ3) is 3.70. The zero-order chi connectivity index (χ0) is 16.9. The second-order valence-electron chi connectivity index (χ2n) is 6.43. The number of rotatable bonds is 5. The van der Waals surface area contributed by atoms with E-state index in [2.05, 4.69) is 28.2 Å². The molecule has 24 heavy (non-hydrogen) atoms. The van der Waals surface area contributed by atoms with Gasteiger partial charge in [0, 0.05) is 24.8 Å². The predicted molar refractivity (Wildman–Crippen MR) is 97.3 cm³/mol. The molecule has 1 aromatic carbocycles. The number of likely N-dealkylation sites (N-methyl/N-ethyl adjacent to an activating group) is 1. The average molecular weight is 329 g/mol. The number of nitrogens with zero attached hydrogens (tertiary/aromatic N) is 3. The highest BCUT2D eigenvalue weighted by atomic mass is 16.2. The molecular formula is C18H27N5O. The Hall–Kier alpha value is -2.08. The zero-order valence-corrected chi connectivity index (χ0v) is 14.4. The number of nitrogens with two attached hydrogens (primary N) is 1. The van der Waals surface area contributed by atoms with E-state index >= 15 is 0 Å². The lowest BCUT2D eigenvalue weighted by atomic mass is 10.2. The minimum absolute atomic E-state index is 0.000695. The maximum absolute atomic E-state index is 12.4. The van der Waals surface area contributed by atoms with E-state index in [0.717, 1.165) is 38.3 Å². The van der Waals surface area contributed by atoms with Crippen LogP contribution in [0.4, 0.5) is 5.69 Å². The highest BCUT2D eigenvalue weighted by molar-refractivity contribution is 5.97. The highest BCUT2D eigenvalue weighted by Crippen LogP contribution is 2.27. The van der Waals surface area contributed by atoms with Crippen molar-refractivity contribution in [1.82, 2.24) is 10.2 Å². The molecule has 0 spiro atoms. The van der Waals surface area contributed by atoms with E-state index in [0.29, 0.717) is 12.0 Å². The van der Waals surface area contributed by atoms with Crippen molar-refractivity contribution in [3.05, 3.63) is 29.8 Å². The van der Waals surface area contributed by atoms with Crippen molar-refractivity contribution < 1.29 is 4.79 Å². The van der Waals surface area contributed by atoms with Gasteiger partial charge in [0.2, 0.25) is 5.91 Å². The van der Waals surface area contributed by atoms with Crippen molar-refractivity contribution in [2.75, 3.05) is 37.6 Å². The first kappa shape index (κ1) is 16.8. The topological polar surface area (TPSA) is 74.0 Å². The molecule has 2 heterocycles. The lowest BCUT2D eigenvalue weighted by Crippen LogP contribution is -2.43. The van der Waals surface area contributed by atoms with Gasteiger partial charge in [-0.3, -0.25) is 9.69 Å². The zero-order valence-electron chi connectivity index (χ0n) is 14.4. The molecule has 3 rings (SSSR count). The third-order valence-corrected chi connectivity index (χ3v) is 5.00. The Bertz CT molecular complexity index is 615. The number of fused-ring (bicyclic) bond motifs is 1. The molecule has 6 nitrogen and oxygen atoms in total. The first-order chi connectivity index (χ1) is 11.7. The molecule has 1 saturated heterocycles. The molecule has 6 heteroatoms. The van der Waals surface area contributed by atoms with Gasteiger partial charge < -0.3 is 16.0 Å². The summed E-state index contributed by atoms with van der Waals surface area (Å²) < 4.78 is 0. The number of hydrogen-bond donors (Lipinski definition) is 2. The molecule has 0 aliphatic carbocycles. The summed E-state index contributed by atoms with van der Waals surface area (Å²) in [5.41, 5.74) is 8.16. The van der Waals surface area contributed by atoms with Gasteiger partial charge in [-0.25, -0.2) is 4.99 Å². The first-order valence-corrected chi connectivity index (χ1v) is 8.85. The standard InChI is InChI=1S/C18H27N5O/c1-2-22-10-5-7-15(22)12-20-18(19)21-13-17(24)23-11-9-14-6-3-4-8-16(14)23/h3-4,6,8,15H,2,5,7,9-13H2,1H3,(H3,19,20,21). The molecule has 3 N–H and O–H groups in total. The number of para-hydroxylation sites is 1. The summed E-state index contributed by atoms with van der Waals surface area (Å²) in [6.07, 6.45) is 3.34. The predicted octanol–water partition coefficient (Wildman–Crippen LogP) is 0.964. The van der Waals surface area contributed by atoms with E-state index in [9.17, 15) is 4.79 Å². The Kier molecular flexibility index (Phi) is 5.35. The number of benzene rings is 1. The van der Waals surface area contributed by atoms with Crippen LogP contribution in [-0.4, -0.2) is 55.5 Å². The molecule has 1 atom stereocenters. The van der Waals surface area contributed by atoms with Crippen molar-refractivity contribution in [3.8, 4) is 0 Å². The van der Waals surface area contributed by atoms with Gasteiger partial charge in [-0.1, -0.05) is 25.1 Å². The maximum atomic E-state index is 12.4. The van der Waals surface area contributed by atoms with Crippen molar-refractivity contribution >= 4 is 17.6 Å². The highest BCUT2D eigenvalue weighted by Gasteiger charge is 2.24. The van der Waals surface area contributed by atoms with Gasteiger partial charge >= 0.3 is 0 Å². The molecule has 2 aliphatic rings. The van der Waals surface area contributed by atoms with Gasteiger partial charge in [0.15, 0.2) is 5.96 Å². The summed E-state index contributed by atoms with van der Waals surface area (Å²) in [4.78, 5) is 20.9. The SMILES string of the molecule is CCN1CCCC1CNC(N)=NCC(=O)N1CCc2ccccc21. The van der Waals surface area contributed by atoms with E-state index in [1.165, 1.54) is 18.4 Å². The van der Waals surface area contributed by atoms with Crippen LogP contribution in [0.1, 0.15) is 25.3 Å². The maximum Gasteiger partial charge on any atom is 0.248 e. The monoisotopic (exact) mass is 329 g/mol. The van der Waals surface area contributed by atoms with E-state index in [4.69, 9.17) is 5.73 Å². The Morgan fingerprint density at radius 3 is 3.04 bits per heavy atom. The number of anilines is 1. The van der Waals surface area contributed by atoms with Crippen LogP contribution in [0.25, 0.3) is 0 Å². The fourth-order valence-electron chi connectivity index (χ4n) is 3.66. The molecule has 0 radical (unpaired) electrons. The molecule has 1 amide bonds. The van der Waals surface area contributed by atoms with Gasteiger partial charge in [-0.15, -0.1) is 0 Å². The van der Waals surface area contributed by atoms with Gasteiger partial charge in [0.25, 0.3) is 0 Å². The fourth-order valence-corrected chi connectivity index (χ4v) is 3.66. The van der Waals surface area contributed by atoms with Crippen LogP contribution in [0.3, 0.4) is 0 Å². The van der Waals surface area contributed by atoms with Crippen LogP contribution in [0, 0.1) is 0 Å². The van der Waals surface area contributed by atoms with Crippen LogP contribution in [-0.2, 0) is 11.2 Å². The quantitative estimate of drug-likeness (QED) is 0.623. The number of amides is 1. The van der Waals surface area contributed by atoms with Crippen LogP contribution in [0.2, 0.25) is 0 Å². The Morgan fingerprint density at radius 1 is 1.38 bits per heavy atom. The van der Waals surface area contributed by atoms with Gasteiger partial charge in [-0.2, -0.15) is 0 Å². The fraction of sp³-hybridized carbons (Fsp3) is 0.556. The molecule has 1 aromatic rings. The van der Waals surface area contributed by atoms with Crippen LogP contribution >= 0.6 is 0 Å². The summed E-state index contributed by atoms with van der Waals surface area (Å²) in [5, 5.41) is 3.17. The number of carbonyl (C=O) groups is 1. The molecule has 130 valence electrons. The molecule has 0 saturated carbocycles. The summed E-state index contributed by atoms with van der Waals surface area (Å²) in [5.74, 6) is 0.361. The number of guanidine groups is 1. The minimum atomic E-state index is 0.000695. The van der Waals surface area contributed by atoms with Crippen molar-refractivity contribution in [1.29, 1.82) is 0 Å². The first-order valence-electron chi connectivity index (χ1n) is 8.85. The molecule has 0 aromatic heterocycles. The van der Waals surface area contributed by atoms with Crippen molar-refractivity contribution in [3.63, 3.8) is 0 Å². The van der Waals surface area contributed by atoms with Crippen molar-refractivity contribution in [2.45, 2.75) is 32.2 Å². The summed E-state index contributed by atoms with van der Waals surface area (Å²) in [7, 11) is 0. The summed E-state index contributed by atoms with van der Waals surface area (Å²) in [6, 6.07) is 8.55. The number of aliphatic imine (C=N–C) groups is 1. The smallest absolute Gasteiger partial charge is 0.248 e. The van der Waals surface area contributed by atoms with Crippen LogP contribution in [0.5, 0.6) is 0 Å². The normalized spacial score (nSPS) is 21.1. The number of nitrogens with one attached hydrogen (secondary N) is 1. The second kappa shape index (κ2) is 7.66. The van der Waals surface area contributed by atoms with E-state index in [1.54, 1.807) is 0 Å². The van der Waals surface area contributed by atoms with Crippen LogP contribution in [0.15, 0.2) is 29.3 Å². The molecular weight excluding hydrogens is 302 g/mol.